The Labute approximate surface area is 187 Å². The van der Waals surface area contributed by atoms with E-state index in [-0.39, 0.29) is 23.1 Å². The number of benzene rings is 2. The van der Waals surface area contributed by atoms with Gasteiger partial charge < -0.3 is 24.6 Å². The van der Waals surface area contributed by atoms with Crippen LogP contribution in [0.3, 0.4) is 0 Å². The van der Waals surface area contributed by atoms with Crippen molar-refractivity contribution < 1.29 is 32.5 Å². The molecule has 3 rings (SSSR count). The Bertz CT molecular complexity index is 1050. The second-order valence-corrected chi connectivity index (χ2v) is 9.10. The van der Waals surface area contributed by atoms with Crippen molar-refractivity contribution >= 4 is 21.7 Å². The Morgan fingerprint density at radius 1 is 1.16 bits per heavy atom. The largest absolute Gasteiger partial charge is 0.493 e. The molecule has 1 atom stereocenters. The van der Waals surface area contributed by atoms with Crippen LogP contribution in [0.2, 0.25) is 0 Å². The minimum atomic E-state index is -3.96. The van der Waals surface area contributed by atoms with E-state index in [0.717, 1.165) is 18.4 Å². The standard InChI is InChI=1S/C22H28N2O7S/c1-29-19-8-5-15(12-20(19)30-2)9-10-24-32(27,28)21-13-16(22(25)26)6-7-18(21)23-14-17-4-3-11-31-17/h5-8,12-13,17,23-24H,3-4,9-11,14H2,1-2H3,(H,25,26)/t17-/m0/s1. The number of ether oxygens (including phenoxy) is 3. The maximum absolute atomic E-state index is 13.0. The van der Waals surface area contributed by atoms with Gasteiger partial charge in [0.2, 0.25) is 10.0 Å². The van der Waals surface area contributed by atoms with Crippen molar-refractivity contribution in [3.8, 4) is 11.5 Å². The summed E-state index contributed by atoms with van der Waals surface area (Å²) in [6.45, 7) is 1.26. The van der Waals surface area contributed by atoms with E-state index in [9.17, 15) is 18.3 Å². The molecule has 0 amide bonds. The van der Waals surface area contributed by atoms with Crippen molar-refractivity contribution in [1.29, 1.82) is 0 Å². The number of nitrogens with one attached hydrogen (secondary N) is 2. The summed E-state index contributed by atoms with van der Waals surface area (Å²) in [6.07, 6.45) is 2.28. The van der Waals surface area contributed by atoms with Crippen LogP contribution >= 0.6 is 0 Å². The lowest BCUT2D eigenvalue weighted by atomic mass is 10.1. The highest BCUT2D eigenvalue weighted by molar-refractivity contribution is 7.89. The first-order valence-electron chi connectivity index (χ1n) is 10.3. The number of anilines is 1. The zero-order valence-corrected chi connectivity index (χ0v) is 18.9. The van der Waals surface area contributed by atoms with Gasteiger partial charge in [-0.15, -0.1) is 0 Å². The monoisotopic (exact) mass is 464 g/mol. The second-order valence-electron chi connectivity index (χ2n) is 7.37. The molecule has 174 valence electrons. The summed E-state index contributed by atoms with van der Waals surface area (Å²) in [6, 6.07) is 9.39. The number of rotatable bonds is 11. The number of carboxylic acids is 1. The normalized spacial score (nSPS) is 16.0. The van der Waals surface area contributed by atoms with E-state index >= 15 is 0 Å². The van der Waals surface area contributed by atoms with E-state index in [0.29, 0.717) is 36.8 Å². The van der Waals surface area contributed by atoms with E-state index in [4.69, 9.17) is 14.2 Å². The van der Waals surface area contributed by atoms with Crippen LogP contribution in [0.4, 0.5) is 5.69 Å². The van der Waals surface area contributed by atoms with Crippen LogP contribution in [0.1, 0.15) is 28.8 Å². The number of hydrogen-bond acceptors (Lipinski definition) is 7. The van der Waals surface area contributed by atoms with E-state index < -0.39 is 16.0 Å². The number of aromatic carboxylic acids is 1. The van der Waals surface area contributed by atoms with Gasteiger partial charge in [0, 0.05) is 19.7 Å². The number of hydrogen-bond donors (Lipinski definition) is 3. The van der Waals surface area contributed by atoms with Crippen molar-refractivity contribution in [2.75, 3.05) is 39.2 Å². The number of carboxylic acid groups (broad SMARTS) is 1. The van der Waals surface area contributed by atoms with Crippen molar-refractivity contribution in [1.82, 2.24) is 4.72 Å². The van der Waals surface area contributed by atoms with Gasteiger partial charge in [-0.3, -0.25) is 0 Å². The zero-order chi connectivity index (χ0) is 23.1. The molecule has 9 nitrogen and oxygen atoms in total. The average Bonchev–Trinajstić information content (AvgIpc) is 3.31. The summed E-state index contributed by atoms with van der Waals surface area (Å²) in [7, 11) is -0.888. The third-order valence-corrected chi connectivity index (χ3v) is 6.72. The van der Waals surface area contributed by atoms with Crippen LogP contribution in [0.25, 0.3) is 0 Å². The van der Waals surface area contributed by atoms with Gasteiger partial charge in [0.1, 0.15) is 4.90 Å². The molecule has 0 saturated carbocycles. The molecule has 0 radical (unpaired) electrons. The van der Waals surface area contributed by atoms with E-state index in [1.165, 1.54) is 25.3 Å². The van der Waals surface area contributed by atoms with Gasteiger partial charge >= 0.3 is 5.97 Å². The smallest absolute Gasteiger partial charge is 0.335 e. The fourth-order valence-electron chi connectivity index (χ4n) is 3.50. The van der Waals surface area contributed by atoms with Gasteiger partial charge in [-0.25, -0.2) is 17.9 Å². The molecule has 0 aromatic heterocycles. The quantitative estimate of drug-likeness (QED) is 0.464. The maximum atomic E-state index is 13.0. The average molecular weight is 465 g/mol. The van der Waals surface area contributed by atoms with Crippen LogP contribution in [0.15, 0.2) is 41.3 Å². The summed E-state index contributed by atoms with van der Waals surface area (Å²) < 4.78 is 44.7. The van der Waals surface area contributed by atoms with Crippen molar-refractivity contribution in [3.05, 3.63) is 47.5 Å². The molecule has 10 heteroatoms. The number of methoxy groups -OCH3 is 2. The van der Waals surface area contributed by atoms with Gasteiger partial charge in [-0.1, -0.05) is 6.07 Å². The lowest BCUT2D eigenvalue weighted by molar-refractivity contribution is 0.0696. The molecule has 1 heterocycles. The second kappa shape index (κ2) is 10.7. The molecule has 0 bridgehead atoms. The Morgan fingerprint density at radius 2 is 1.94 bits per heavy atom. The SMILES string of the molecule is COc1ccc(CCNS(=O)(=O)c2cc(C(=O)O)ccc2NC[C@@H]2CCCO2)cc1OC. The number of sulfonamides is 1. The molecular formula is C22H28N2O7S. The van der Waals surface area contributed by atoms with Crippen LogP contribution < -0.4 is 19.5 Å². The molecule has 0 unspecified atom stereocenters. The topological polar surface area (TPSA) is 123 Å². The van der Waals surface area contributed by atoms with Gasteiger partial charge in [0.05, 0.1) is 31.6 Å². The van der Waals surface area contributed by atoms with E-state index in [2.05, 4.69) is 10.0 Å². The molecule has 0 aliphatic carbocycles. The van der Waals surface area contributed by atoms with Crippen LogP contribution in [-0.2, 0) is 21.2 Å². The van der Waals surface area contributed by atoms with Gasteiger partial charge in [0.15, 0.2) is 11.5 Å². The molecule has 1 saturated heterocycles. The van der Waals surface area contributed by atoms with Gasteiger partial charge in [0.25, 0.3) is 0 Å². The van der Waals surface area contributed by atoms with Crippen LogP contribution in [0.5, 0.6) is 11.5 Å². The third kappa shape index (κ3) is 5.90. The fraction of sp³-hybridized carbons (Fsp3) is 0.409. The number of carbonyl (C=O) groups is 1. The summed E-state index contributed by atoms with van der Waals surface area (Å²) in [5.41, 5.74) is 1.10. The van der Waals surface area contributed by atoms with E-state index in [1.54, 1.807) is 19.2 Å². The molecule has 3 N–H and O–H groups in total. The predicted octanol–water partition coefficient (Wildman–Crippen LogP) is 2.51. The molecule has 1 aliphatic rings. The Kier molecular flexibility index (Phi) is 7.94. The van der Waals surface area contributed by atoms with Crippen molar-refractivity contribution in [2.24, 2.45) is 0 Å². The van der Waals surface area contributed by atoms with Gasteiger partial charge in [-0.2, -0.15) is 0 Å². The minimum Gasteiger partial charge on any atom is -0.493 e. The predicted molar refractivity (Wildman–Crippen MR) is 119 cm³/mol. The lowest BCUT2D eigenvalue weighted by Gasteiger charge is -2.16. The third-order valence-electron chi connectivity index (χ3n) is 5.22. The highest BCUT2D eigenvalue weighted by atomic mass is 32.2. The molecule has 32 heavy (non-hydrogen) atoms. The molecule has 1 fully saturated rings. The fourth-order valence-corrected chi connectivity index (χ4v) is 4.73. The molecule has 0 spiro atoms. The summed E-state index contributed by atoms with van der Waals surface area (Å²) in [5, 5.41) is 12.4. The first-order chi connectivity index (χ1) is 15.3. The molecule has 2 aromatic carbocycles. The Hall–Kier alpha value is -2.82. The zero-order valence-electron chi connectivity index (χ0n) is 18.1. The van der Waals surface area contributed by atoms with Crippen LogP contribution in [-0.4, -0.2) is 59.5 Å². The molecular weight excluding hydrogens is 436 g/mol. The Morgan fingerprint density at radius 3 is 2.59 bits per heavy atom. The summed E-state index contributed by atoms with van der Waals surface area (Å²) >= 11 is 0. The Balaban J connectivity index is 1.73. The van der Waals surface area contributed by atoms with Gasteiger partial charge in [-0.05, 0) is 55.2 Å². The van der Waals surface area contributed by atoms with Crippen LogP contribution in [0, 0.1) is 0 Å². The first kappa shape index (κ1) is 23.8. The minimum absolute atomic E-state index is 0.00251. The van der Waals surface area contributed by atoms with Crippen molar-refractivity contribution in [2.45, 2.75) is 30.3 Å². The maximum Gasteiger partial charge on any atom is 0.335 e. The summed E-state index contributed by atoms with van der Waals surface area (Å²) in [4.78, 5) is 11.3. The first-order valence-corrected chi connectivity index (χ1v) is 11.8. The highest BCUT2D eigenvalue weighted by Crippen LogP contribution is 2.28. The van der Waals surface area contributed by atoms with E-state index in [1.807, 2.05) is 6.07 Å². The van der Waals surface area contributed by atoms with Crippen molar-refractivity contribution in [3.63, 3.8) is 0 Å². The molecule has 1 aliphatic heterocycles. The lowest BCUT2D eigenvalue weighted by Crippen LogP contribution is -2.28. The summed E-state index contributed by atoms with van der Waals surface area (Å²) in [5.74, 6) is -0.0515. The highest BCUT2D eigenvalue weighted by Gasteiger charge is 2.22. The molecule has 2 aromatic rings.